The summed E-state index contributed by atoms with van der Waals surface area (Å²) in [6.07, 6.45) is -0.0694. The lowest BCUT2D eigenvalue weighted by molar-refractivity contribution is -0.121. The number of nitriles is 2. The maximum Gasteiger partial charge on any atom is 0.247 e. The fourth-order valence-corrected chi connectivity index (χ4v) is 4.54. The van der Waals surface area contributed by atoms with E-state index in [-0.39, 0.29) is 22.0 Å². The van der Waals surface area contributed by atoms with Gasteiger partial charge in [0.15, 0.2) is 5.57 Å². The van der Waals surface area contributed by atoms with Crippen LogP contribution < -0.4 is 10.2 Å². The molecule has 9 heteroatoms. The molecule has 2 amide bonds. The summed E-state index contributed by atoms with van der Waals surface area (Å²) in [5.74, 6) is -0.849. The molecule has 29 heavy (non-hydrogen) atoms. The second-order valence-corrected chi connectivity index (χ2v) is 8.43. The Morgan fingerprint density at radius 2 is 1.86 bits per heavy atom. The normalized spacial score (nSPS) is 15.6. The van der Waals surface area contributed by atoms with Crippen LogP contribution in [0.4, 0.5) is 11.4 Å². The Kier molecular flexibility index (Phi) is 6.60. The van der Waals surface area contributed by atoms with Gasteiger partial charge in [0.2, 0.25) is 11.8 Å². The molecule has 0 radical (unpaired) electrons. The fourth-order valence-electron chi connectivity index (χ4n) is 2.68. The highest BCUT2D eigenvalue weighted by atomic mass is 79.9. The number of nitrogens with one attached hydrogen (secondary N) is 1. The van der Waals surface area contributed by atoms with Crippen LogP contribution >= 0.6 is 39.3 Å². The number of allylic oxidation sites excluding steroid dienone is 1. The first-order chi connectivity index (χ1) is 13.9. The maximum absolute atomic E-state index is 12.9. The quantitative estimate of drug-likeness (QED) is 0.479. The molecular formula is C20H12BrClN4O2S. The van der Waals surface area contributed by atoms with Crippen LogP contribution in [0.3, 0.4) is 0 Å². The Hall–Kier alpha value is -2.78. The molecule has 1 aliphatic rings. The van der Waals surface area contributed by atoms with Crippen LogP contribution in [0.1, 0.15) is 6.42 Å². The number of thioether (sulfide) groups is 1. The van der Waals surface area contributed by atoms with Crippen molar-refractivity contribution in [2.24, 2.45) is 0 Å². The Balaban J connectivity index is 1.88. The van der Waals surface area contributed by atoms with E-state index in [1.165, 1.54) is 0 Å². The van der Waals surface area contributed by atoms with Gasteiger partial charge >= 0.3 is 0 Å². The van der Waals surface area contributed by atoms with Gasteiger partial charge in [-0.3, -0.25) is 9.59 Å². The van der Waals surface area contributed by atoms with E-state index < -0.39 is 17.1 Å². The maximum atomic E-state index is 12.9. The minimum absolute atomic E-state index is 0.0694. The van der Waals surface area contributed by atoms with E-state index in [1.54, 1.807) is 42.5 Å². The number of carbonyl (C=O) groups excluding carboxylic acids is 2. The lowest BCUT2D eigenvalue weighted by Gasteiger charge is -2.17. The molecule has 1 N–H and O–H groups in total. The number of halogens is 2. The van der Waals surface area contributed by atoms with E-state index in [9.17, 15) is 20.1 Å². The van der Waals surface area contributed by atoms with E-state index in [0.29, 0.717) is 11.4 Å². The minimum Gasteiger partial charge on any atom is -0.349 e. The van der Waals surface area contributed by atoms with Crippen LogP contribution in [0, 0.1) is 22.7 Å². The summed E-state index contributed by atoms with van der Waals surface area (Å²) in [5.41, 5.74) is 0.789. The summed E-state index contributed by atoms with van der Waals surface area (Å²) in [6, 6.07) is 17.5. The number of imide groups is 1. The highest BCUT2D eigenvalue weighted by Crippen LogP contribution is 2.38. The lowest BCUT2D eigenvalue weighted by Crippen LogP contribution is -2.31. The number of para-hydroxylation sites is 1. The molecule has 1 atom stereocenters. The summed E-state index contributed by atoms with van der Waals surface area (Å²) in [5, 5.41) is 21.3. The van der Waals surface area contributed by atoms with Crippen molar-refractivity contribution in [3.8, 4) is 12.1 Å². The SMILES string of the molecule is N#CC(C#N)=C(Nc1ccccc1)SC1CC(=O)N(c2ccc(Br)cc2Cl)C1=O. The van der Waals surface area contributed by atoms with Gasteiger partial charge in [0.25, 0.3) is 0 Å². The number of anilines is 2. The predicted molar refractivity (Wildman–Crippen MR) is 116 cm³/mol. The van der Waals surface area contributed by atoms with Gasteiger partial charge in [0, 0.05) is 16.6 Å². The Morgan fingerprint density at radius 3 is 2.48 bits per heavy atom. The summed E-state index contributed by atoms with van der Waals surface area (Å²) in [4.78, 5) is 26.5. The van der Waals surface area contributed by atoms with Crippen LogP contribution in [-0.2, 0) is 9.59 Å². The van der Waals surface area contributed by atoms with E-state index in [4.69, 9.17) is 11.6 Å². The van der Waals surface area contributed by atoms with Gasteiger partial charge in [-0.15, -0.1) is 0 Å². The van der Waals surface area contributed by atoms with Crippen molar-refractivity contribution in [2.45, 2.75) is 11.7 Å². The number of benzene rings is 2. The third kappa shape index (κ3) is 4.63. The Bertz CT molecular complexity index is 1080. The van der Waals surface area contributed by atoms with Crippen LogP contribution in [0.5, 0.6) is 0 Å². The largest absolute Gasteiger partial charge is 0.349 e. The molecule has 1 unspecified atom stereocenters. The standard InChI is InChI=1S/C20H12BrClN4O2S/c21-13-6-7-16(15(22)8-13)26-18(27)9-17(20(26)28)29-19(12(10-23)11-24)25-14-4-2-1-3-5-14/h1-8,17,25H,9H2. The van der Waals surface area contributed by atoms with E-state index in [2.05, 4.69) is 21.2 Å². The topological polar surface area (TPSA) is 97.0 Å². The van der Waals surface area contributed by atoms with Crippen LogP contribution in [0.25, 0.3) is 0 Å². The van der Waals surface area contributed by atoms with Crippen molar-refractivity contribution < 1.29 is 9.59 Å². The number of nitrogens with zero attached hydrogens (tertiary/aromatic N) is 3. The first-order valence-corrected chi connectivity index (χ1v) is 10.3. The van der Waals surface area contributed by atoms with Gasteiger partial charge in [-0.2, -0.15) is 10.5 Å². The first kappa shape index (κ1) is 20.9. The summed E-state index contributed by atoms with van der Waals surface area (Å²) >= 11 is 10.5. The van der Waals surface area contributed by atoms with Gasteiger partial charge in [-0.05, 0) is 30.3 Å². The molecule has 0 aliphatic carbocycles. The Labute approximate surface area is 184 Å². The molecule has 1 saturated heterocycles. The number of rotatable bonds is 5. The lowest BCUT2D eigenvalue weighted by atomic mass is 10.3. The Morgan fingerprint density at radius 1 is 1.17 bits per heavy atom. The summed E-state index contributed by atoms with van der Waals surface area (Å²) < 4.78 is 0.723. The minimum atomic E-state index is -0.787. The fraction of sp³-hybridized carbons (Fsp3) is 0.100. The predicted octanol–water partition coefficient (Wildman–Crippen LogP) is 4.84. The van der Waals surface area contributed by atoms with E-state index in [1.807, 2.05) is 18.2 Å². The zero-order valence-electron chi connectivity index (χ0n) is 14.7. The average molecular weight is 488 g/mol. The van der Waals surface area contributed by atoms with Crippen LogP contribution in [0.2, 0.25) is 5.02 Å². The first-order valence-electron chi connectivity index (χ1n) is 8.29. The monoisotopic (exact) mass is 486 g/mol. The summed E-state index contributed by atoms with van der Waals surface area (Å²) in [6.45, 7) is 0. The smallest absolute Gasteiger partial charge is 0.247 e. The average Bonchev–Trinajstić information content (AvgIpc) is 2.97. The van der Waals surface area contributed by atoms with Crippen molar-refractivity contribution in [1.82, 2.24) is 0 Å². The van der Waals surface area contributed by atoms with Crippen LogP contribution in [-0.4, -0.2) is 17.1 Å². The molecule has 0 bridgehead atoms. The highest BCUT2D eigenvalue weighted by Gasteiger charge is 2.41. The molecule has 1 heterocycles. The van der Waals surface area contributed by atoms with Crippen molar-refractivity contribution >= 4 is 62.5 Å². The molecule has 2 aromatic rings. The molecule has 1 aliphatic heterocycles. The molecule has 2 aromatic carbocycles. The number of carbonyl (C=O) groups is 2. The highest BCUT2D eigenvalue weighted by molar-refractivity contribution is 9.10. The van der Waals surface area contributed by atoms with Crippen molar-refractivity contribution in [3.63, 3.8) is 0 Å². The second kappa shape index (κ2) is 9.15. The number of hydrogen-bond donors (Lipinski definition) is 1. The molecule has 1 fully saturated rings. The second-order valence-electron chi connectivity index (χ2n) is 5.89. The van der Waals surface area contributed by atoms with Gasteiger partial charge < -0.3 is 5.32 Å². The third-order valence-electron chi connectivity index (χ3n) is 4.00. The van der Waals surface area contributed by atoms with Gasteiger partial charge in [0.05, 0.1) is 16.0 Å². The number of amides is 2. The van der Waals surface area contributed by atoms with Gasteiger partial charge in [0.1, 0.15) is 17.2 Å². The molecule has 0 spiro atoms. The molecule has 144 valence electrons. The summed E-state index contributed by atoms with van der Waals surface area (Å²) in [7, 11) is 0. The third-order valence-corrected chi connectivity index (χ3v) is 5.99. The molecular weight excluding hydrogens is 476 g/mol. The zero-order chi connectivity index (χ0) is 21.0. The molecule has 0 saturated carbocycles. The molecule has 3 rings (SSSR count). The van der Waals surface area contributed by atoms with Gasteiger partial charge in [-0.25, -0.2) is 4.90 Å². The zero-order valence-corrected chi connectivity index (χ0v) is 17.9. The van der Waals surface area contributed by atoms with Crippen molar-refractivity contribution in [1.29, 1.82) is 10.5 Å². The van der Waals surface area contributed by atoms with E-state index in [0.717, 1.165) is 21.1 Å². The van der Waals surface area contributed by atoms with E-state index >= 15 is 0 Å². The van der Waals surface area contributed by atoms with Crippen molar-refractivity contribution in [3.05, 3.63) is 68.6 Å². The number of hydrogen-bond acceptors (Lipinski definition) is 6. The van der Waals surface area contributed by atoms with Crippen LogP contribution in [0.15, 0.2) is 63.6 Å². The molecule has 6 nitrogen and oxygen atoms in total. The van der Waals surface area contributed by atoms with Crippen molar-refractivity contribution in [2.75, 3.05) is 10.2 Å². The molecule has 0 aromatic heterocycles. The van der Waals surface area contributed by atoms with Gasteiger partial charge in [-0.1, -0.05) is 57.5 Å².